The van der Waals surface area contributed by atoms with E-state index in [-0.39, 0.29) is 5.71 Å². The summed E-state index contributed by atoms with van der Waals surface area (Å²) in [6, 6.07) is 131. The van der Waals surface area contributed by atoms with Crippen molar-refractivity contribution in [2.45, 2.75) is 19.6 Å². The highest BCUT2D eigenvalue weighted by Crippen LogP contribution is 2.55. The van der Waals surface area contributed by atoms with Gasteiger partial charge in [0.25, 0.3) is 0 Å². The largest absolute Gasteiger partial charge is 0.309 e. The van der Waals surface area contributed by atoms with Crippen LogP contribution >= 0.6 is 36.3 Å². The van der Waals surface area contributed by atoms with Crippen molar-refractivity contribution >= 4 is 121 Å². The van der Waals surface area contributed by atoms with Gasteiger partial charge < -0.3 is 19.3 Å². The van der Waals surface area contributed by atoms with Gasteiger partial charge in [-0.2, -0.15) is 0 Å². The predicted octanol–water partition coefficient (Wildman–Crippen LogP) is 27.1. The molecule has 0 saturated heterocycles. The summed E-state index contributed by atoms with van der Waals surface area (Å²) in [6.07, 6.45) is 4.17. The molecule has 105 heavy (non-hydrogen) atoms. The zero-order valence-corrected chi connectivity index (χ0v) is 59.3. The minimum absolute atomic E-state index is 0.265. The quantitative estimate of drug-likeness (QED) is 0.0890. The molecule has 0 radical (unpaired) electrons. The molecule has 0 spiro atoms. The van der Waals surface area contributed by atoms with E-state index in [0.29, 0.717) is 5.71 Å². The van der Waals surface area contributed by atoms with Gasteiger partial charge in [0.1, 0.15) is 5.71 Å². The normalized spacial score (nSPS) is 13.4. The van der Waals surface area contributed by atoms with Crippen LogP contribution in [0.5, 0.6) is 0 Å². The van der Waals surface area contributed by atoms with E-state index in [9.17, 15) is 5.41 Å². The van der Waals surface area contributed by atoms with Gasteiger partial charge in [-0.05, 0) is 255 Å². The van der Waals surface area contributed by atoms with Crippen molar-refractivity contribution in [3.63, 3.8) is 0 Å². The molecule has 9 heteroatoms. The van der Waals surface area contributed by atoms with Crippen molar-refractivity contribution in [2.75, 3.05) is 14.7 Å². The first-order valence-electron chi connectivity index (χ1n) is 35.2. The van der Waals surface area contributed by atoms with Gasteiger partial charge in [-0.15, -0.1) is 0 Å². The number of rotatable bonds is 13. The second-order valence-corrected chi connectivity index (χ2v) is 28.8. The zero-order valence-electron chi connectivity index (χ0n) is 56.8. The minimum atomic E-state index is 0.265. The number of fused-ring (bicyclic) bond motifs is 7. The van der Waals surface area contributed by atoms with Crippen molar-refractivity contribution < 1.29 is 0 Å². The van der Waals surface area contributed by atoms with E-state index in [1.807, 2.05) is 23.5 Å². The maximum atomic E-state index is 10.2. The molecule has 0 amide bonds. The monoisotopic (exact) mass is 1400 g/mol. The first kappa shape index (κ1) is 63.3. The number of hydrogen-bond donors (Lipinski definition) is 2. The third-order valence-corrected chi connectivity index (χ3v) is 22.7. The van der Waals surface area contributed by atoms with Gasteiger partial charge in [0.15, 0.2) is 0 Å². The van der Waals surface area contributed by atoms with Crippen LogP contribution in [0.25, 0.3) is 99.8 Å². The molecular weight excluding hydrogens is 1330 g/mol. The SMILES string of the molecule is N=C1C(c2ccc(-n3c4ccc(N5c6ccccc6Sc6ccccc65)cc4c4cc(N5c6ccccc6Sc6ccccc65)ccc43)cc2)=CC=C(N(c2ccc(-c3cc(-c4ccccc4)cc(-c4ccccc4)c3)cc2)c2ccc(-c3cc(-c4ccccc4)cc(-c4ccccc4)c3)cc2)C1=NS. The molecule has 0 bridgehead atoms. The molecule has 3 aliphatic rings. The molecule has 6 nitrogen and oxygen atoms in total. The van der Waals surface area contributed by atoms with E-state index in [1.165, 1.54) is 19.6 Å². The first-order valence-corrected chi connectivity index (χ1v) is 37.2. The van der Waals surface area contributed by atoms with Crippen LogP contribution in [0.3, 0.4) is 0 Å². The zero-order chi connectivity index (χ0) is 69.9. The number of benzene rings is 15. The Morgan fingerprint density at radius 3 is 0.933 bits per heavy atom. The van der Waals surface area contributed by atoms with Gasteiger partial charge in [0.05, 0.1) is 45.2 Å². The molecule has 2 aliphatic heterocycles. The molecule has 0 saturated carbocycles. The fraction of sp³-hybridized carbons (Fsp3) is 0. The summed E-state index contributed by atoms with van der Waals surface area (Å²) in [5.41, 5.74) is 28.4. The molecule has 496 valence electrons. The average molecular weight is 1400 g/mol. The van der Waals surface area contributed by atoms with Gasteiger partial charge in [-0.1, -0.05) is 230 Å². The Morgan fingerprint density at radius 1 is 0.286 bits per heavy atom. The van der Waals surface area contributed by atoms with Gasteiger partial charge in [0, 0.05) is 64.4 Å². The molecule has 1 aromatic heterocycles. The molecule has 1 N–H and O–H groups in total. The fourth-order valence-electron chi connectivity index (χ4n) is 15.2. The minimum Gasteiger partial charge on any atom is -0.309 e. The molecule has 3 heterocycles. The van der Waals surface area contributed by atoms with Crippen LogP contribution in [-0.4, -0.2) is 16.0 Å². The summed E-state index contributed by atoms with van der Waals surface area (Å²) < 4.78 is 7.11. The number of allylic oxidation sites excluding steroid dienone is 4. The third kappa shape index (κ3) is 11.6. The Hall–Kier alpha value is -12.6. The average Bonchev–Trinajstić information content (AvgIpc) is 1.59. The van der Waals surface area contributed by atoms with E-state index in [0.717, 1.165) is 157 Å². The lowest BCUT2D eigenvalue weighted by Gasteiger charge is -2.33. The Morgan fingerprint density at radius 2 is 0.590 bits per heavy atom. The molecule has 15 aromatic carbocycles. The highest BCUT2D eigenvalue weighted by Gasteiger charge is 2.31. The number of aromatic nitrogens is 1. The molecule has 0 fully saturated rings. The number of hydrogen-bond acceptors (Lipinski definition) is 8. The van der Waals surface area contributed by atoms with Crippen LogP contribution in [0.4, 0.5) is 45.5 Å². The Bertz CT molecular complexity index is 5640. The van der Waals surface area contributed by atoms with Gasteiger partial charge in [-0.25, -0.2) is 4.40 Å². The van der Waals surface area contributed by atoms with Gasteiger partial charge in [-0.3, -0.25) is 5.41 Å². The summed E-state index contributed by atoms with van der Waals surface area (Å²) in [5, 5.41) is 12.5. The van der Waals surface area contributed by atoms with Crippen LogP contribution in [0.15, 0.2) is 406 Å². The molecule has 0 atom stereocenters. The van der Waals surface area contributed by atoms with Crippen LogP contribution in [0.1, 0.15) is 5.56 Å². The van der Waals surface area contributed by atoms with Crippen LogP contribution in [-0.2, 0) is 0 Å². The van der Waals surface area contributed by atoms with Crippen molar-refractivity contribution in [3.8, 4) is 72.4 Å². The first-order chi connectivity index (χ1) is 51.9. The van der Waals surface area contributed by atoms with Crippen LogP contribution in [0.2, 0.25) is 0 Å². The number of para-hydroxylation sites is 4. The number of nitrogens with one attached hydrogen (secondary N) is 1. The van der Waals surface area contributed by atoms with Crippen molar-refractivity contribution in [2.24, 2.45) is 4.40 Å². The lowest BCUT2D eigenvalue weighted by Crippen LogP contribution is -2.30. The molecule has 1 aliphatic carbocycles. The summed E-state index contributed by atoms with van der Waals surface area (Å²) in [4.78, 5) is 11.9. The van der Waals surface area contributed by atoms with E-state index in [2.05, 4.69) is 395 Å². The Labute approximate surface area is 624 Å². The highest BCUT2D eigenvalue weighted by atomic mass is 32.2. The van der Waals surface area contributed by atoms with E-state index in [1.54, 1.807) is 0 Å². The molecule has 16 aromatic rings. The smallest absolute Gasteiger partial charge is 0.121 e. The summed E-state index contributed by atoms with van der Waals surface area (Å²) in [7, 11) is 0. The standard InChI is InChI=1S/C96H64N6S3/c97-95-81(69-41-47-78(48-42-69)100-84-52-49-79(101-86-29-13-17-33-91(86)104-92-34-18-14-30-87(92)101)61-82(84)83-62-80(50-53-85(83)100)102-88-31-15-19-35-93(88)105-94-36-20-16-32-89(94)102)51-54-90(96(95)98-103)99(76-43-37-67(38-44-76)74-57-70(63-21-5-1-6-22-63)55-71(58-74)64-23-7-2-8-24-64)77-45-39-68(40-46-77)75-59-72(65-25-9-3-10-26-65)56-73(60-75)66-27-11-4-12-28-66/h1-62,97,103H. The number of anilines is 8. The van der Waals surface area contributed by atoms with Crippen molar-refractivity contribution in [1.82, 2.24) is 4.57 Å². The predicted molar refractivity (Wildman–Crippen MR) is 446 cm³/mol. The van der Waals surface area contributed by atoms with Crippen LogP contribution < -0.4 is 14.7 Å². The van der Waals surface area contributed by atoms with E-state index < -0.39 is 0 Å². The van der Waals surface area contributed by atoms with Crippen molar-refractivity contribution in [1.29, 1.82) is 5.41 Å². The summed E-state index contributed by atoms with van der Waals surface area (Å²) >= 11 is 8.38. The third-order valence-electron chi connectivity index (χ3n) is 20.3. The molecular formula is C96H64N6S3. The number of thiol groups is 1. The van der Waals surface area contributed by atoms with Gasteiger partial charge in [0.2, 0.25) is 0 Å². The number of nitrogens with zero attached hydrogens (tertiary/aromatic N) is 5. The Balaban J connectivity index is 0.719. The summed E-state index contributed by atoms with van der Waals surface area (Å²) in [5.74, 6) is 0. The van der Waals surface area contributed by atoms with Gasteiger partial charge >= 0.3 is 0 Å². The van der Waals surface area contributed by atoms with Crippen molar-refractivity contribution in [3.05, 3.63) is 387 Å². The fourth-order valence-corrected chi connectivity index (χ4v) is 17.5. The molecule has 19 rings (SSSR count). The second kappa shape index (κ2) is 27.0. The van der Waals surface area contributed by atoms with E-state index in [4.69, 9.17) is 17.2 Å². The van der Waals surface area contributed by atoms with Crippen LogP contribution in [0, 0.1) is 5.41 Å². The lowest BCUT2D eigenvalue weighted by molar-refractivity contribution is 1.16. The summed E-state index contributed by atoms with van der Waals surface area (Å²) in [6.45, 7) is 0. The van der Waals surface area contributed by atoms with E-state index >= 15 is 0 Å². The Kier molecular flexibility index (Phi) is 16.3. The lowest BCUT2D eigenvalue weighted by atomic mass is 9.91. The second-order valence-electron chi connectivity index (χ2n) is 26.5. The topological polar surface area (TPSA) is 50.9 Å². The maximum Gasteiger partial charge on any atom is 0.121 e. The molecule has 0 unspecified atom stereocenters. The highest BCUT2D eigenvalue weighted by molar-refractivity contribution is 8.00. The maximum absolute atomic E-state index is 10.2.